The number of nitrogens with zero attached hydrogens (tertiary/aromatic N) is 2. The quantitative estimate of drug-likeness (QED) is 0.517. The number of anilines is 3. The Labute approximate surface area is 165 Å². The van der Waals surface area contributed by atoms with E-state index >= 15 is 0 Å². The number of rotatable bonds is 6. The number of sulfonamides is 1. The van der Waals surface area contributed by atoms with E-state index in [0.717, 1.165) is 0 Å². The van der Waals surface area contributed by atoms with E-state index in [0.29, 0.717) is 16.0 Å². The molecule has 26 heavy (non-hydrogen) atoms. The lowest BCUT2D eigenvalue weighted by atomic mass is 10.0. The molecule has 5 N–H and O–H groups in total. The number of nitrogens with one attached hydrogen (secondary N) is 2. The summed E-state index contributed by atoms with van der Waals surface area (Å²) in [5, 5.41) is 21.2. The number of aromatic nitrogens is 2. The van der Waals surface area contributed by atoms with E-state index in [-0.39, 0.29) is 21.9 Å². The van der Waals surface area contributed by atoms with Gasteiger partial charge in [0.25, 0.3) is 0 Å². The molecule has 0 amide bonds. The first-order valence-electron chi connectivity index (χ1n) is 7.49. The molecule has 0 fully saturated rings. The van der Waals surface area contributed by atoms with E-state index in [4.69, 9.17) is 16.7 Å². The molecule has 0 saturated heterocycles. The highest BCUT2D eigenvalue weighted by atomic mass is 79.9. The van der Waals surface area contributed by atoms with Crippen molar-refractivity contribution in [1.82, 2.24) is 9.97 Å². The average Bonchev–Trinajstić information content (AvgIpc) is 2.48. The van der Waals surface area contributed by atoms with Gasteiger partial charge in [-0.1, -0.05) is 11.6 Å². The van der Waals surface area contributed by atoms with Crippen molar-refractivity contribution in [3.05, 3.63) is 33.9 Å². The Morgan fingerprint density at radius 1 is 1.38 bits per heavy atom. The van der Waals surface area contributed by atoms with Crippen LogP contribution in [0.1, 0.15) is 20.8 Å². The Morgan fingerprint density at radius 3 is 2.58 bits per heavy atom. The van der Waals surface area contributed by atoms with Gasteiger partial charge in [0, 0.05) is 11.9 Å². The van der Waals surface area contributed by atoms with Gasteiger partial charge < -0.3 is 15.7 Å². The van der Waals surface area contributed by atoms with E-state index in [1.807, 2.05) is 6.92 Å². The monoisotopic (exact) mass is 463 g/mol. The van der Waals surface area contributed by atoms with E-state index in [2.05, 4.69) is 36.5 Å². The van der Waals surface area contributed by atoms with Crippen LogP contribution in [0.15, 0.2) is 33.8 Å². The number of nitrogens with two attached hydrogens (primary N) is 1. The summed E-state index contributed by atoms with van der Waals surface area (Å²) < 4.78 is 23.4. The fraction of sp³-hybridized carbons (Fsp3) is 0.333. The summed E-state index contributed by atoms with van der Waals surface area (Å²) in [5.74, 6) is 0.752. The van der Waals surface area contributed by atoms with Gasteiger partial charge in [-0.25, -0.2) is 18.5 Å². The predicted molar refractivity (Wildman–Crippen MR) is 105 cm³/mol. The Kier molecular flexibility index (Phi) is 6.13. The van der Waals surface area contributed by atoms with E-state index in [9.17, 15) is 13.5 Å². The third-order valence-corrected chi connectivity index (χ3v) is 5.63. The van der Waals surface area contributed by atoms with Crippen molar-refractivity contribution < 1.29 is 13.5 Å². The van der Waals surface area contributed by atoms with Crippen LogP contribution in [0.3, 0.4) is 0 Å². The maximum Gasteiger partial charge on any atom is 0.239 e. The minimum atomic E-state index is -3.89. The van der Waals surface area contributed by atoms with Crippen LogP contribution >= 0.6 is 27.5 Å². The molecule has 2 rings (SSSR count). The van der Waals surface area contributed by atoms with Crippen molar-refractivity contribution in [1.29, 1.82) is 0 Å². The minimum absolute atomic E-state index is 0.0105. The molecule has 0 unspecified atom stereocenters. The van der Waals surface area contributed by atoms with Crippen LogP contribution in [0.25, 0.3) is 0 Å². The van der Waals surface area contributed by atoms with Crippen LogP contribution in [0, 0.1) is 0 Å². The predicted octanol–water partition coefficient (Wildman–Crippen LogP) is 2.85. The fourth-order valence-electron chi connectivity index (χ4n) is 1.85. The van der Waals surface area contributed by atoms with Gasteiger partial charge in [-0.15, -0.1) is 0 Å². The van der Waals surface area contributed by atoms with Crippen molar-refractivity contribution in [2.24, 2.45) is 5.14 Å². The highest BCUT2D eigenvalue weighted by Gasteiger charge is 2.23. The molecule has 1 aromatic carbocycles. The number of benzene rings is 1. The summed E-state index contributed by atoms with van der Waals surface area (Å²) in [7, 11) is -3.89. The van der Waals surface area contributed by atoms with Crippen molar-refractivity contribution in [2.45, 2.75) is 37.3 Å². The van der Waals surface area contributed by atoms with Crippen LogP contribution in [0.2, 0.25) is 5.02 Å². The van der Waals surface area contributed by atoms with Crippen LogP contribution in [0.4, 0.5) is 17.5 Å². The lowest BCUT2D eigenvalue weighted by Crippen LogP contribution is -2.39. The van der Waals surface area contributed by atoms with Gasteiger partial charge >= 0.3 is 0 Å². The van der Waals surface area contributed by atoms with Gasteiger partial charge in [0.2, 0.25) is 16.0 Å². The van der Waals surface area contributed by atoms with Gasteiger partial charge in [-0.3, -0.25) is 0 Å². The molecule has 1 aromatic heterocycles. The molecule has 0 spiro atoms. The molecular formula is C15H19BrClN5O3S. The number of primary sulfonamides is 1. The van der Waals surface area contributed by atoms with Crippen LogP contribution in [-0.2, 0) is 10.0 Å². The van der Waals surface area contributed by atoms with Gasteiger partial charge in [0.1, 0.15) is 10.7 Å². The van der Waals surface area contributed by atoms with Gasteiger partial charge in [0.05, 0.1) is 21.1 Å². The third kappa shape index (κ3) is 5.27. The molecule has 142 valence electrons. The van der Waals surface area contributed by atoms with Gasteiger partial charge in [-0.05, 0) is 54.9 Å². The first-order valence-corrected chi connectivity index (χ1v) is 10.2. The zero-order chi connectivity index (χ0) is 19.7. The fourth-order valence-corrected chi connectivity index (χ4v) is 3.25. The summed E-state index contributed by atoms with van der Waals surface area (Å²) in [6, 6.07) is 3.95. The van der Waals surface area contributed by atoms with Gasteiger partial charge in [-0.2, -0.15) is 4.98 Å². The molecule has 0 aliphatic rings. The highest BCUT2D eigenvalue weighted by molar-refractivity contribution is 9.10. The molecule has 0 aliphatic heterocycles. The number of hydrogen-bond acceptors (Lipinski definition) is 7. The zero-order valence-electron chi connectivity index (χ0n) is 14.3. The van der Waals surface area contributed by atoms with Gasteiger partial charge in [0.15, 0.2) is 0 Å². The number of aliphatic hydroxyl groups is 1. The molecule has 0 radical (unpaired) electrons. The van der Waals surface area contributed by atoms with Crippen LogP contribution < -0.4 is 15.8 Å². The summed E-state index contributed by atoms with van der Waals surface area (Å²) in [6.45, 7) is 5.20. The molecule has 0 saturated carbocycles. The molecule has 11 heteroatoms. The standard InChI is InChI=1S/C15H19BrClN5O3S/c1-8(15(2,3)23)20-13-10(16)7-19-14(22-13)21-9-4-5-12(11(17)6-9)26(18,24)25/h4-8,23H,1-3H3,(H2,18,24,25)(H2,19,20,21,22)/t8-/m1/s1. The van der Waals surface area contributed by atoms with Crippen molar-refractivity contribution in [2.75, 3.05) is 10.6 Å². The Bertz CT molecular complexity index is 918. The Balaban J connectivity index is 2.26. The molecule has 0 bridgehead atoms. The average molecular weight is 465 g/mol. The molecule has 2 aromatic rings. The zero-order valence-corrected chi connectivity index (χ0v) is 17.4. The minimum Gasteiger partial charge on any atom is -0.388 e. The second kappa shape index (κ2) is 7.65. The summed E-state index contributed by atoms with van der Waals surface area (Å²) in [4.78, 5) is 8.33. The summed E-state index contributed by atoms with van der Waals surface area (Å²) in [6.07, 6.45) is 1.55. The number of halogens is 2. The Morgan fingerprint density at radius 2 is 2.04 bits per heavy atom. The summed E-state index contributed by atoms with van der Waals surface area (Å²) >= 11 is 9.32. The lowest BCUT2D eigenvalue weighted by molar-refractivity contribution is 0.0647. The molecule has 8 nitrogen and oxygen atoms in total. The van der Waals surface area contributed by atoms with E-state index in [1.165, 1.54) is 18.2 Å². The normalized spacial score (nSPS) is 13.3. The number of hydrogen-bond donors (Lipinski definition) is 4. The van der Waals surface area contributed by atoms with Crippen molar-refractivity contribution in [3.63, 3.8) is 0 Å². The molecule has 1 heterocycles. The molecule has 1 atom stereocenters. The molecule has 0 aliphatic carbocycles. The van der Waals surface area contributed by atoms with E-state index < -0.39 is 15.6 Å². The topological polar surface area (TPSA) is 130 Å². The summed E-state index contributed by atoms with van der Waals surface area (Å²) in [5.41, 5.74) is -0.457. The second-order valence-corrected chi connectivity index (χ2v) is 9.02. The maximum absolute atomic E-state index is 11.4. The smallest absolute Gasteiger partial charge is 0.239 e. The first kappa shape index (κ1) is 20.8. The van der Waals surface area contributed by atoms with Crippen LogP contribution in [0.5, 0.6) is 0 Å². The maximum atomic E-state index is 11.4. The SMILES string of the molecule is C[C@@H](Nc1nc(Nc2ccc(S(N)(=O)=O)c(Cl)c2)ncc1Br)C(C)(C)O. The lowest BCUT2D eigenvalue weighted by Gasteiger charge is -2.27. The van der Waals surface area contributed by atoms with Crippen LogP contribution in [-0.4, -0.2) is 35.1 Å². The Hall–Kier alpha value is -1.46. The second-order valence-electron chi connectivity index (χ2n) is 6.23. The molecular weight excluding hydrogens is 446 g/mol. The van der Waals surface area contributed by atoms with E-state index in [1.54, 1.807) is 20.0 Å². The van der Waals surface area contributed by atoms with Crippen molar-refractivity contribution in [3.8, 4) is 0 Å². The largest absolute Gasteiger partial charge is 0.388 e. The first-order chi connectivity index (χ1) is 11.9. The van der Waals surface area contributed by atoms with Crippen molar-refractivity contribution >= 4 is 55.0 Å². The third-order valence-electron chi connectivity index (χ3n) is 3.65. The highest BCUT2D eigenvalue weighted by Crippen LogP contribution is 2.27.